The van der Waals surface area contributed by atoms with E-state index >= 15 is 0 Å². The van der Waals surface area contributed by atoms with Crippen molar-refractivity contribution in [2.75, 3.05) is 43.9 Å². The molecule has 0 aromatic heterocycles. The van der Waals surface area contributed by atoms with E-state index in [9.17, 15) is 19.5 Å². The standard InChI is InChI=1S/C34H39ClN4O6/c1-44-31-17-24(11-12-30(31)37-34(43)36-29-10-6-5-9-28(29)35)18-32(40)39-22-27(45-26-7-3-2-4-8-26)20-25(39)21-38-15-13-23(14-16-38)19-33(41)42/h2-12,17,23,25,27H,13-16,18-22H2,1H3,(H,41,42)(H2,36,37,43)/t25?,27-/m0/s1. The fourth-order valence-corrected chi connectivity index (χ4v) is 6.29. The molecular formula is C34H39ClN4O6. The molecule has 3 amide bonds. The van der Waals surface area contributed by atoms with E-state index in [1.165, 1.54) is 7.11 Å². The van der Waals surface area contributed by atoms with Crippen LogP contribution in [0.5, 0.6) is 11.5 Å². The number of carboxylic acid groups (broad SMARTS) is 1. The quantitative estimate of drug-likeness (QED) is 0.245. The summed E-state index contributed by atoms with van der Waals surface area (Å²) in [6, 6.07) is 21.4. The monoisotopic (exact) mass is 634 g/mol. The topological polar surface area (TPSA) is 120 Å². The molecule has 45 heavy (non-hydrogen) atoms. The average molecular weight is 635 g/mol. The van der Waals surface area contributed by atoms with E-state index in [0.717, 1.165) is 37.2 Å². The third-order valence-electron chi connectivity index (χ3n) is 8.37. The lowest BCUT2D eigenvalue weighted by atomic mass is 9.93. The summed E-state index contributed by atoms with van der Waals surface area (Å²) in [5.41, 5.74) is 1.70. The van der Waals surface area contributed by atoms with Crippen LogP contribution in [-0.4, -0.2) is 78.2 Å². The molecule has 238 valence electrons. The molecule has 11 heteroatoms. The number of halogens is 1. The Morgan fingerprint density at radius 1 is 0.956 bits per heavy atom. The van der Waals surface area contributed by atoms with Crippen molar-refractivity contribution in [3.05, 3.63) is 83.4 Å². The van der Waals surface area contributed by atoms with Crippen molar-refractivity contribution in [1.82, 2.24) is 9.80 Å². The fraction of sp³-hybridized carbons (Fsp3) is 0.382. The molecule has 10 nitrogen and oxygen atoms in total. The minimum atomic E-state index is -0.747. The smallest absolute Gasteiger partial charge is 0.323 e. The number of amides is 3. The van der Waals surface area contributed by atoms with Crippen LogP contribution < -0.4 is 20.1 Å². The van der Waals surface area contributed by atoms with E-state index in [-0.39, 0.29) is 36.8 Å². The van der Waals surface area contributed by atoms with E-state index in [1.807, 2.05) is 41.3 Å². The van der Waals surface area contributed by atoms with Gasteiger partial charge in [0.1, 0.15) is 17.6 Å². The van der Waals surface area contributed by atoms with Crippen molar-refractivity contribution >= 4 is 40.9 Å². The van der Waals surface area contributed by atoms with Gasteiger partial charge in [-0.2, -0.15) is 0 Å². The van der Waals surface area contributed by atoms with Crippen molar-refractivity contribution in [3.8, 4) is 11.5 Å². The molecule has 2 heterocycles. The van der Waals surface area contributed by atoms with Gasteiger partial charge in [0.15, 0.2) is 0 Å². The van der Waals surface area contributed by atoms with E-state index < -0.39 is 12.0 Å². The summed E-state index contributed by atoms with van der Waals surface area (Å²) in [5, 5.41) is 15.1. The fourth-order valence-electron chi connectivity index (χ4n) is 6.11. The van der Waals surface area contributed by atoms with Crippen LogP contribution in [0.25, 0.3) is 0 Å². The number of nitrogens with zero attached hydrogens (tertiary/aromatic N) is 2. The number of nitrogens with one attached hydrogen (secondary N) is 2. The van der Waals surface area contributed by atoms with Crippen LogP contribution in [0.15, 0.2) is 72.8 Å². The van der Waals surface area contributed by atoms with Crippen molar-refractivity contribution in [2.24, 2.45) is 5.92 Å². The van der Waals surface area contributed by atoms with Gasteiger partial charge >= 0.3 is 12.0 Å². The first-order valence-corrected chi connectivity index (χ1v) is 15.6. The number of hydrogen-bond acceptors (Lipinski definition) is 6. The van der Waals surface area contributed by atoms with Crippen LogP contribution in [0.2, 0.25) is 5.02 Å². The SMILES string of the molecule is COc1cc(CC(=O)N2C[C@@H](Oc3ccccc3)CC2CN2CCC(CC(=O)O)CC2)ccc1NC(=O)Nc1ccccc1Cl. The number of aliphatic carboxylic acids is 1. The molecule has 3 aromatic carbocycles. The van der Waals surface area contributed by atoms with E-state index in [2.05, 4.69) is 15.5 Å². The number of rotatable bonds is 11. The number of benzene rings is 3. The van der Waals surface area contributed by atoms with Crippen LogP contribution in [0.4, 0.5) is 16.2 Å². The molecule has 2 saturated heterocycles. The Morgan fingerprint density at radius 2 is 1.67 bits per heavy atom. The molecule has 3 aromatic rings. The van der Waals surface area contributed by atoms with E-state index in [1.54, 1.807) is 36.4 Å². The van der Waals surface area contributed by atoms with Gasteiger partial charge in [0.25, 0.3) is 0 Å². The van der Waals surface area contributed by atoms with Gasteiger partial charge in [-0.3, -0.25) is 9.59 Å². The highest BCUT2D eigenvalue weighted by atomic mass is 35.5. The zero-order chi connectivity index (χ0) is 31.8. The summed E-state index contributed by atoms with van der Waals surface area (Å²) < 4.78 is 11.8. The first-order chi connectivity index (χ1) is 21.8. The summed E-state index contributed by atoms with van der Waals surface area (Å²) in [6.07, 6.45) is 2.63. The van der Waals surface area contributed by atoms with Crippen molar-refractivity contribution < 1.29 is 29.0 Å². The highest BCUT2D eigenvalue weighted by Crippen LogP contribution is 2.30. The lowest BCUT2D eigenvalue weighted by molar-refractivity contribution is -0.138. The second-order valence-corrected chi connectivity index (χ2v) is 12.0. The zero-order valence-electron chi connectivity index (χ0n) is 25.3. The summed E-state index contributed by atoms with van der Waals surface area (Å²) in [4.78, 5) is 41.8. The molecule has 2 aliphatic rings. The lowest BCUT2D eigenvalue weighted by Gasteiger charge is -2.35. The largest absolute Gasteiger partial charge is 0.495 e. The lowest BCUT2D eigenvalue weighted by Crippen LogP contribution is -2.46. The highest BCUT2D eigenvalue weighted by molar-refractivity contribution is 6.33. The molecule has 2 aliphatic heterocycles. The zero-order valence-corrected chi connectivity index (χ0v) is 26.0. The second kappa shape index (κ2) is 15.1. The Labute approximate surface area is 268 Å². The van der Waals surface area contributed by atoms with Crippen molar-refractivity contribution in [3.63, 3.8) is 0 Å². The predicted octanol–water partition coefficient (Wildman–Crippen LogP) is 5.77. The number of carbonyl (C=O) groups excluding carboxylic acids is 2. The third-order valence-corrected chi connectivity index (χ3v) is 8.70. The number of carbonyl (C=O) groups is 3. The predicted molar refractivity (Wildman–Crippen MR) is 173 cm³/mol. The Morgan fingerprint density at radius 3 is 2.38 bits per heavy atom. The molecule has 0 radical (unpaired) electrons. The normalized spacial score (nSPS) is 18.8. The molecule has 2 atom stereocenters. The van der Waals surface area contributed by atoms with Crippen LogP contribution in [0.3, 0.4) is 0 Å². The molecule has 2 fully saturated rings. The number of para-hydroxylation sites is 2. The number of hydrogen-bond donors (Lipinski definition) is 3. The van der Waals surface area contributed by atoms with Gasteiger partial charge < -0.3 is 35.0 Å². The van der Waals surface area contributed by atoms with Crippen LogP contribution in [0, 0.1) is 5.92 Å². The minimum Gasteiger partial charge on any atom is -0.495 e. The van der Waals surface area contributed by atoms with E-state index in [4.69, 9.17) is 21.1 Å². The number of ether oxygens (including phenoxy) is 2. The average Bonchev–Trinajstić information content (AvgIpc) is 3.42. The number of likely N-dealkylation sites (tertiary alicyclic amines) is 2. The highest BCUT2D eigenvalue weighted by Gasteiger charge is 2.38. The Balaban J connectivity index is 1.24. The summed E-state index contributed by atoms with van der Waals surface area (Å²) in [7, 11) is 1.51. The number of carboxylic acids is 1. The van der Waals surface area contributed by atoms with Crippen LogP contribution in [-0.2, 0) is 16.0 Å². The molecule has 0 bridgehead atoms. The molecular weight excluding hydrogens is 596 g/mol. The maximum Gasteiger partial charge on any atom is 0.323 e. The Bertz CT molecular complexity index is 1480. The maximum absolute atomic E-state index is 13.8. The van der Waals surface area contributed by atoms with Gasteiger partial charge in [0.05, 0.1) is 36.5 Å². The Kier molecular flexibility index (Phi) is 10.8. The van der Waals surface area contributed by atoms with Gasteiger partial charge in [-0.25, -0.2) is 4.79 Å². The van der Waals surface area contributed by atoms with Gasteiger partial charge in [0.2, 0.25) is 5.91 Å². The van der Waals surface area contributed by atoms with Gasteiger partial charge in [-0.05, 0) is 73.8 Å². The van der Waals surface area contributed by atoms with Crippen LogP contribution >= 0.6 is 11.6 Å². The van der Waals surface area contributed by atoms with Gasteiger partial charge in [-0.15, -0.1) is 0 Å². The molecule has 0 spiro atoms. The van der Waals surface area contributed by atoms with Crippen LogP contribution in [0.1, 0.15) is 31.2 Å². The molecule has 3 N–H and O–H groups in total. The van der Waals surface area contributed by atoms with E-state index in [0.29, 0.717) is 41.7 Å². The first-order valence-electron chi connectivity index (χ1n) is 15.2. The first kappa shape index (κ1) is 32.1. The Hall–Kier alpha value is -4.28. The number of piperidine rings is 1. The maximum atomic E-state index is 13.8. The summed E-state index contributed by atoms with van der Waals surface area (Å²) in [5.74, 6) is 0.643. The second-order valence-electron chi connectivity index (χ2n) is 11.6. The number of methoxy groups -OCH3 is 1. The van der Waals surface area contributed by atoms with Gasteiger partial charge in [-0.1, -0.05) is 48.0 Å². The minimum absolute atomic E-state index is 0.0147. The van der Waals surface area contributed by atoms with Gasteiger partial charge in [0, 0.05) is 25.4 Å². The summed E-state index contributed by atoms with van der Waals surface area (Å²) in [6.45, 7) is 2.83. The molecule has 0 aliphatic carbocycles. The number of anilines is 2. The third kappa shape index (κ3) is 8.89. The molecule has 0 saturated carbocycles. The van der Waals surface area contributed by atoms with Crippen molar-refractivity contribution in [2.45, 2.75) is 44.2 Å². The molecule has 1 unspecified atom stereocenters. The molecule has 5 rings (SSSR count). The number of urea groups is 1. The van der Waals surface area contributed by atoms with Crippen molar-refractivity contribution in [1.29, 1.82) is 0 Å². The summed E-state index contributed by atoms with van der Waals surface area (Å²) >= 11 is 6.16.